The number of aromatic nitrogens is 1. The number of nitro groups is 1. The minimum absolute atomic E-state index is 0.117. The van der Waals surface area contributed by atoms with E-state index >= 15 is 0 Å². The molecule has 44 heavy (non-hydrogen) atoms. The minimum Gasteiger partial charge on any atom is -0.539 e. The normalized spacial score (nSPS) is 11.6. The van der Waals surface area contributed by atoms with Gasteiger partial charge in [-0.3, -0.25) is 10.1 Å². The second kappa shape index (κ2) is 14.0. The van der Waals surface area contributed by atoms with Crippen LogP contribution in [0.3, 0.4) is 0 Å². The lowest BCUT2D eigenvalue weighted by molar-refractivity contribution is -0.386. The summed E-state index contributed by atoms with van der Waals surface area (Å²) in [7, 11) is -2.26. The quantitative estimate of drug-likeness (QED) is 0.0699. The molecule has 4 aromatic carbocycles. The second-order valence-electron chi connectivity index (χ2n) is 11.1. The molecular weight excluding hydrogens is 570 g/mol. The summed E-state index contributed by atoms with van der Waals surface area (Å²) in [6.07, 6.45) is 0.868. The van der Waals surface area contributed by atoms with Gasteiger partial charge in [-0.15, -0.1) is 0 Å². The smallest absolute Gasteiger partial charge is 0.351 e. The SMILES string of the molecule is CC[Si](CC)(CC)Oc1c(CCN)cc(CCOc2ccc3c(c2)[nH]c2ccccc23)c(OCc2ccccc2)c1[N+](=O)[O-]. The van der Waals surface area contributed by atoms with E-state index < -0.39 is 8.32 Å². The maximum atomic E-state index is 12.8. The topological polar surface area (TPSA) is 113 Å². The van der Waals surface area contributed by atoms with Gasteiger partial charge in [0.25, 0.3) is 8.32 Å². The van der Waals surface area contributed by atoms with Gasteiger partial charge in [0.05, 0.1) is 17.0 Å². The molecular formula is C35H41N3O5Si. The Morgan fingerprint density at radius 3 is 2.18 bits per heavy atom. The highest BCUT2D eigenvalue weighted by atomic mass is 28.4. The highest BCUT2D eigenvalue weighted by molar-refractivity contribution is 6.74. The van der Waals surface area contributed by atoms with Gasteiger partial charge in [0, 0.05) is 39.9 Å². The average molecular weight is 612 g/mol. The van der Waals surface area contributed by atoms with Crippen LogP contribution < -0.4 is 19.6 Å². The molecule has 0 aliphatic rings. The van der Waals surface area contributed by atoms with Crippen LogP contribution >= 0.6 is 0 Å². The third kappa shape index (κ3) is 6.59. The number of nitro benzene ring substituents is 1. The molecule has 0 saturated carbocycles. The van der Waals surface area contributed by atoms with Crippen LogP contribution in [0.4, 0.5) is 5.69 Å². The lowest BCUT2D eigenvalue weighted by Crippen LogP contribution is -2.40. The molecule has 0 fully saturated rings. The van der Waals surface area contributed by atoms with Crippen LogP contribution in [-0.4, -0.2) is 31.4 Å². The van der Waals surface area contributed by atoms with Crippen LogP contribution in [-0.2, 0) is 19.4 Å². The van der Waals surface area contributed by atoms with Gasteiger partial charge < -0.3 is 24.6 Å². The second-order valence-corrected chi connectivity index (χ2v) is 15.8. The van der Waals surface area contributed by atoms with Crippen molar-refractivity contribution in [2.45, 2.75) is 58.4 Å². The van der Waals surface area contributed by atoms with Gasteiger partial charge in [-0.1, -0.05) is 69.3 Å². The fourth-order valence-electron chi connectivity index (χ4n) is 5.83. The van der Waals surface area contributed by atoms with E-state index in [9.17, 15) is 10.1 Å². The summed E-state index contributed by atoms with van der Waals surface area (Å²) < 4.78 is 19.2. The first-order valence-corrected chi connectivity index (χ1v) is 18.0. The van der Waals surface area contributed by atoms with E-state index in [-0.39, 0.29) is 23.0 Å². The van der Waals surface area contributed by atoms with Crippen molar-refractivity contribution in [2.24, 2.45) is 5.73 Å². The van der Waals surface area contributed by atoms with Gasteiger partial charge in [0.2, 0.25) is 5.75 Å². The summed E-state index contributed by atoms with van der Waals surface area (Å²) in [4.78, 5) is 15.9. The van der Waals surface area contributed by atoms with Crippen molar-refractivity contribution in [3.8, 4) is 17.2 Å². The van der Waals surface area contributed by atoms with E-state index in [4.69, 9.17) is 19.6 Å². The van der Waals surface area contributed by atoms with Gasteiger partial charge in [-0.2, -0.15) is 0 Å². The van der Waals surface area contributed by atoms with E-state index in [0.717, 1.165) is 56.8 Å². The number of benzene rings is 4. The molecule has 0 aliphatic carbocycles. The molecule has 0 amide bonds. The van der Waals surface area contributed by atoms with E-state index in [1.54, 1.807) is 0 Å². The molecule has 5 rings (SSSR count). The Hall–Kier alpha value is -4.34. The van der Waals surface area contributed by atoms with Gasteiger partial charge in [0.15, 0.2) is 5.75 Å². The third-order valence-corrected chi connectivity index (χ3v) is 13.1. The standard InChI is InChI=1S/C35H41N3O5Si/c1-4-44(5-2,6-3)43-35-26(18-20-36)22-27(34(33(35)38(39)40)42-24-25-12-8-7-9-13-25)19-21-41-28-16-17-30-29-14-10-11-15-31(29)37-32(30)23-28/h7-17,22-23,37H,4-6,18-21,24,36H2,1-3H3. The third-order valence-electron chi connectivity index (χ3n) is 8.55. The lowest BCUT2D eigenvalue weighted by atomic mass is 10.0. The van der Waals surface area contributed by atoms with Crippen LogP contribution in [0.25, 0.3) is 21.8 Å². The van der Waals surface area contributed by atoms with Crippen LogP contribution in [0.1, 0.15) is 37.5 Å². The van der Waals surface area contributed by atoms with Crippen LogP contribution in [0.2, 0.25) is 18.1 Å². The van der Waals surface area contributed by atoms with Gasteiger partial charge in [0.1, 0.15) is 12.4 Å². The number of H-pyrrole nitrogens is 1. The Balaban J connectivity index is 1.50. The zero-order valence-corrected chi connectivity index (χ0v) is 26.7. The number of nitrogens with zero attached hydrogens (tertiary/aromatic N) is 1. The number of nitrogens with one attached hydrogen (secondary N) is 1. The van der Waals surface area contributed by atoms with Crippen molar-refractivity contribution in [1.82, 2.24) is 4.98 Å². The number of para-hydroxylation sites is 1. The monoisotopic (exact) mass is 611 g/mol. The predicted octanol–water partition coefficient (Wildman–Crippen LogP) is 8.32. The number of hydrogen-bond acceptors (Lipinski definition) is 6. The Bertz CT molecular complexity index is 1730. The van der Waals surface area contributed by atoms with Crippen molar-refractivity contribution >= 4 is 35.8 Å². The number of ether oxygens (including phenoxy) is 2. The highest BCUT2D eigenvalue weighted by Crippen LogP contribution is 2.45. The molecule has 5 aromatic rings. The molecule has 0 spiro atoms. The zero-order valence-electron chi connectivity index (χ0n) is 25.7. The van der Waals surface area contributed by atoms with E-state index in [0.29, 0.717) is 37.3 Å². The van der Waals surface area contributed by atoms with Crippen LogP contribution in [0.15, 0.2) is 78.9 Å². The molecule has 3 N–H and O–H groups in total. The molecule has 8 nitrogen and oxygen atoms in total. The Morgan fingerprint density at radius 2 is 1.48 bits per heavy atom. The maximum absolute atomic E-state index is 12.8. The van der Waals surface area contributed by atoms with Crippen molar-refractivity contribution < 1.29 is 18.8 Å². The average Bonchev–Trinajstić information content (AvgIpc) is 3.42. The van der Waals surface area contributed by atoms with Crippen LogP contribution in [0.5, 0.6) is 17.2 Å². The van der Waals surface area contributed by atoms with E-state index in [1.165, 1.54) is 0 Å². The molecule has 1 heterocycles. The van der Waals surface area contributed by atoms with Crippen LogP contribution in [0, 0.1) is 10.1 Å². The largest absolute Gasteiger partial charge is 0.539 e. The van der Waals surface area contributed by atoms with Crippen molar-refractivity contribution in [3.05, 3.63) is 106 Å². The number of nitrogens with two attached hydrogens (primary N) is 1. The Morgan fingerprint density at radius 1 is 0.795 bits per heavy atom. The molecule has 0 bridgehead atoms. The first kappa shape index (κ1) is 31.1. The number of fused-ring (bicyclic) bond motifs is 3. The Labute approximate surface area is 259 Å². The van der Waals surface area contributed by atoms with E-state index in [2.05, 4.69) is 44.0 Å². The molecule has 1 aromatic heterocycles. The van der Waals surface area contributed by atoms with Crippen molar-refractivity contribution in [1.29, 1.82) is 0 Å². The van der Waals surface area contributed by atoms with E-state index in [1.807, 2.05) is 60.7 Å². The minimum atomic E-state index is -2.26. The molecule has 0 radical (unpaired) electrons. The summed E-state index contributed by atoms with van der Waals surface area (Å²) in [5, 5.41) is 15.1. The first-order chi connectivity index (χ1) is 21.4. The van der Waals surface area contributed by atoms with Crippen molar-refractivity contribution in [3.63, 3.8) is 0 Å². The fraction of sp³-hybridized carbons (Fsp3) is 0.314. The number of aromatic amines is 1. The molecule has 0 unspecified atom stereocenters. The number of rotatable bonds is 15. The lowest BCUT2D eigenvalue weighted by Gasteiger charge is -2.30. The molecule has 0 atom stereocenters. The maximum Gasteiger partial charge on any atom is 0.351 e. The summed E-state index contributed by atoms with van der Waals surface area (Å²) in [6, 6.07) is 28.4. The zero-order chi connectivity index (χ0) is 31.1. The fourth-order valence-corrected chi connectivity index (χ4v) is 8.43. The van der Waals surface area contributed by atoms with Crippen molar-refractivity contribution in [2.75, 3.05) is 13.2 Å². The molecule has 0 saturated heterocycles. The summed E-state index contributed by atoms with van der Waals surface area (Å²) >= 11 is 0. The summed E-state index contributed by atoms with van der Waals surface area (Å²) in [5.74, 6) is 1.27. The summed E-state index contributed by atoms with van der Waals surface area (Å²) in [5.41, 5.74) is 10.3. The molecule has 0 aliphatic heterocycles. The van der Waals surface area contributed by atoms with Gasteiger partial charge in [-0.05, 0) is 60.9 Å². The predicted molar refractivity (Wildman–Crippen MR) is 179 cm³/mol. The Kier molecular flexibility index (Phi) is 9.87. The summed E-state index contributed by atoms with van der Waals surface area (Å²) in [6.45, 7) is 7.18. The molecule has 230 valence electrons. The molecule has 9 heteroatoms. The highest BCUT2D eigenvalue weighted by Gasteiger charge is 2.37. The van der Waals surface area contributed by atoms with Gasteiger partial charge >= 0.3 is 5.69 Å². The number of hydrogen-bond donors (Lipinski definition) is 2. The van der Waals surface area contributed by atoms with Gasteiger partial charge in [-0.25, -0.2) is 0 Å². The first-order valence-electron chi connectivity index (χ1n) is 15.4.